The van der Waals surface area contributed by atoms with Crippen LogP contribution in [-0.4, -0.2) is 6.61 Å². The summed E-state index contributed by atoms with van der Waals surface area (Å²) in [6, 6.07) is 4.51. The molecule has 0 aliphatic heterocycles. The van der Waals surface area contributed by atoms with Crippen LogP contribution in [-0.2, 0) is 11.3 Å². The topological polar surface area (TPSA) is 35.2 Å². The fraction of sp³-hybridized carbons (Fsp3) is 0.538. The van der Waals surface area contributed by atoms with E-state index in [9.17, 15) is 4.39 Å². The molecule has 1 aromatic rings. The van der Waals surface area contributed by atoms with Crippen molar-refractivity contribution >= 4 is 5.69 Å². The van der Waals surface area contributed by atoms with Gasteiger partial charge in [-0.15, -0.1) is 0 Å². The molecule has 1 rings (SSSR count). The summed E-state index contributed by atoms with van der Waals surface area (Å²) in [6.07, 6.45) is 2.32. The van der Waals surface area contributed by atoms with E-state index < -0.39 is 0 Å². The van der Waals surface area contributed by atoms with Crippen molar-refractivity contribution in [2.24, 2.45) is 5.92 Å². The van der Waals surface area contributed by atoms with Crippen LogP contribution in [0.3, 0.4) is 0 Å². The molecule has 0 aromatic heterocycles. The SMILES string of the molecule is CCCC(C)COCc1cc(N)cc(F)c1. The standard InChI is InChI=1S/C13H20FNO/c1-3-4-10(2)8-16-9-11-5-12(14)7-13(15)6-11/h5-7,10H,3-4,8-9,15H2,1-2H3. The zero-order valence-corrected chi connectivity index (χ0v) is 10.0. The summed E-state index contributed by atoms with van der Waals surface area (Å²) in [5.41, 5.74) is 6.78. The van der Waals surface area contributed by atoms with E-state index in [0.29, 0.717) is 24.8 Å². The predicted octanol–water partition coefficient (Wildman–Crippen LogP) is 3.36. The molecule has 90 valence electrons. The lowest BCUT2D eigenvalue weighted by atomic mass is 10.1. The first-order chi connectivity index (χ1) is 7.61. The quantitative estimate of drug-likeness (QED) is 0.753. The number of hydrogen-bond acceptors (Lipinski definition) is 2. The van der Waals surface area contributed by atoms with Gasteiger partial charge in [0.1, 0.15) is 5.82 Å². The molecule has 0 radical (unpaired) electrons. The van der Waals surface area contributed by atoms with Crippen molar-refractivity contribution in [3.8, 4) is 0 Å². The maximum atomic E-state index is 13.0. The summed E-state index contributed by atoms with van der Waals surface area (Å²) >= 11 is 0. The number of anilines is 1. The maximum Gasteiger partial charge on any atom is 0.125 e. The Labute approximate surface area is 96.6 Å². The second kappa shape index (κ2) is 6.48. The van der Waals surface area contributed by atoms with Crippen LogP contribution in [0.25, 0.3) is 0 Å². The molecular formula is C13H20FNO. The number of halogens is 1. The van der Waals surface area contributed by atoms with Gasteiger partial charge < -0.3 is 10.5 Å². The van der Waals surface area contributed by atoms with E-state index in [-0.39, 0.29) is 5.82 Å². The zero-order chi connectivity index (χ0) is 12.0. The molecule has 0 bridgehead atoms. The second-order valence-electron chi connectivity index (χ2n) is 4.30. The average molecular weight is 225 g/mol. The third kappa shape index (κ3) is 4.62. The van der Waals surface area contributed by atoms with E-state index >= 15 is 0 Å². The lowest BCUT2D eigenvalue weighted by Gasteiger charge is -2.11. The van der Waals surface area contributed by atoms with Gasteiger partial charge in [0.15, 0.2) is 0 Å². The van der Waals surface area contributed by atoms with E-state index in [4.69, 9.17) is 10.5 Å². The summed E-state index contributed by atoms with van der Waals surface area (Å²) in [7, 11) is 0. The fourth-order valence-corrected chi connectivity index (χ4v) is 1.71. The van der Waals surface area contributed by atoms with Crippen molar-refractivity contribution in [3.05, 3.63) is 29.6 Å². The van der Waals surface area contributed by atoms with Gasteiger partial charge in [0.25, 0.3) is 0 Å². The number of benzene rings is 1. The summed E-state index contributed by atoms with van der Waals surface area (Å²) < 4.78 is 18.5. The van der Waals surface area contributed by atoms with Crippen LogP contribution < -0.4 is 5.73 Å². The van der Waals surface area contributed by atoms with Gasteiger partial charge in [-0.2, -0.15) is 0 Å². The van der Waals surface area contributed by atoms with Crippen molar-refractivity contribution in [1.82, 2.24) is 0 Å². The maximum absolute atomic E-state index is 13.0. The molecular weight excluding hydrogens is 205 g/mol. The van der Waals surface area contributed by atoms with Gasteiger partial charge in [0.05, 0.1) is 6.61 Å². The molecule has 0 spiro atoms. The molecule has 0 saturated heterocycles. The lowest BCUT2D eigenvalue weighted by Crippen LogP contribution is -2.06. The Kier molecular flexibility index (Phi) is 5.26. The van der Waals surface area contributed by atoms with Crippen LogP contribution in [0, 0.1) is 11.7 Å². The molecule has 2 nitrogen and oxygen atoms in total. The van der Waals surface area contributed by atoms with Crippen molar-refractivity contribution in [3.63, 3.8) is 0 Å². The molecule has 1 atom stereocenters. The van der Waals surface area contributed by atoms with Gasteiger partial charge >= 0.3 is 0 Å². The van der Waals surface area contributed by atoms with E-state index in [0.717, 1.165) is 18.4 Å². The van der Waals surface area contributed by atoms with Gasteiger partial charge in [-0.3, -0.25) is 0 Å². The van der Waals surface area contributed by atoms with E-state index in [1.165, 1.54) is 12.1 Å². The van der Waals surface area contributed by atoms with Crippen LogP contribution in [0.15, 0.2) is 18.2 Å². The number of nitrogens with two attached hydrogens (primary N) is 1. The number of rotatable bonds is 6. The van der Waals surface area contributed by atoms with Gasteiger partial charge in [-0.25, -0.2) is 4.39 Å². The Hall–Kier alpha value is -1.09. The first-order valence-corrected chi connectivity index (χ1v) is 5.74. The molecule has 0 fully saturated rings. The van der Waals surface area contributed by atoms with Crippen LogP contribution in [0.5, 0.6) is 0 Å². The van der Waals surface area contributed by atoms with E-state index in [1.807, 2.05) is 0 Å². The summed E-state index contributed by atoms with van der Waals surface area (Å²) in [6.45, 7) is 5.45. The summed E-state index contributed by atoms with van der Waals surface area (Å²) in [4.78, 5) is 0. The molecule has 0 saturated carbocycles. The Morgan fingerprint density at radius 2 is 2.12 bits per heavy atom. The Morgan fingerprint density at radius 1 is 1.38 bits per heavy atom. The van der Waals surface area contributed by atoms with Crippen molar-refractivity contribution in [1.29, 1.82) is 0 Å². The highest BCUT2D eigenvalue weighted by Gasteiger charge is 2.02. The number of ether oxygens (including phenoxy) is 1. The van der Waals surface area contributed by atoms with E-state index in [2.05, 4.69) is 13.8 Å². The highest BCUT2D eigenvalue weighted by Crippen LogP contribution is 2.13. The zero-order valence-electron chi connectivity index (χ0n) is 10.0. The van der Waals surface area contributed by atoms with Gasteiger partial charge in [-0.1, -0.05) is 20.3 Å². The summed E-state index contributed by atoms with van der Waals surface area (Å²) in [5.74, 6) is 0.246. The molecule has 3 heteroatoms. The first kappa shape index (κ1) is 13.0. The Morgan fingerprint density at radius 3 is 2.75 bits per heavy atom. The molecule has 2 N–H and O–H groups in total. The van der Waals surface area contributed by atoms with Gasteiger partial charge in [-0.05, 0) is 36.1 Å². The van der Waals surface area contributed by atoms with E-state index in [1.54, 1.807) is 6.07 Å². The van der Waals surface area contributed by atoms with Gasteiger partial charge in [0.2, 0.25) is 0 Å². The normalized spacial score (nSPS) is 12.7. The largest absolute Gasteiger partial charge is 0.399 e. The molecule has 0 heterocycles. The molecule has 1 aromatic carbocycles. The second-order valence-corrected chi connectivity index (χ2v) is 4.30. The Bertz CT molecular complexity index is 307. The van der Waals surface area contributed by atoms with Gasteiger partial charge in [0, 0.05) is 12.3 Å². The highest BCUT2D eigenvalue weighted by molar-refractivity contribution is 5.41. The minimum atomic E-state index is -0.305. The average Bonchev–Trinajstić information content (AvgIpc) is 2.16. The molecule has 0 amide bonds. The highest BCUT2D eigenvalue weighted by atomic mass is 19.1. The molecule has 1 unspecified atom stereocenters. The van der Waals surface area contributed by atoms with Crippen molar-refractivity contribution in [2.75, 3.05) is 12.3 Å². The minimum Gasteiger partial charge on any atom is -0.399 e. The summed E-state index contributed by atoms with van der Waals surface area (Å²) in [5, 5.41) is 0. The van der Waals surface area contributed by atoms with Crippen LogP contribution in [0.2, 0.25) is 0 Å². The molecule has 0 aliphatic rings. The Balaban J connectivity index is 2.37. The van der Waals surface area contributed by atoms with Crippen molar-refractivity contribution in [2.45, 2.75) is 33.3 Å². The smallest absolute Gasteiger partial charge is 0.125 e. The van der Waals surface area contributed by atoms with Crippen molar-refractivity contribution < 1.29 is 9.13 Å². The monoisotopic (exact) mass is 225 g/mol. The molecule has 16 heavy (non-hydrogen) atoms. The minimum absolute atomic E-state index is 0.305. The third-order valence-electron chi connectivity index (χ3n) is 2.43. The number of nitrogen functional groups attached to an aromatic ring is 1. The first-order valence-electron chi connectivity index (χ1n) is 5.74. The predicted molar refractivity (Wildman–Crippen MR) is 64.5 cm³/mol. The van der Waals surface area contributed by atoms with Crippen LogP contribution in [0.1, 0.15) is 32.3 Å². The molecule has 0 aliphatic carbocycles. The third-order valence-corrected chi connectivity index (χ3v) is 2.43. The lowest BCUT2D eigenvalue weighted by molar-refractivity contribution is 0.0892. The number of hydrogen-bond donors (Lipinski definition) is 1. The van der Waals surface area contributed by atoms with Crippen LogP contribution >= 0.6 is 0 Å². The van der Waals surface area contributed by atoms with Crippen LogP contribution in [0.4, 0.5) is 10.1 Å². The fourth-order valence-electron chi connectivity index (χ4n) is 1.71.